The fraction of sp³-hybridized carbons (Fsp3) is 0.500. The highest BCUT2D eigenvalue weighted by Crippen LogP contribution is 2.27. The first kappa shape index (κ1) is 15.9. The van der Waals surface area contributed by atoms with Crippen LogP contribution in [0.1, 0.15) is 18.4 Å². The molecule has 0 atom stereocenters. The first-order valence-electron chi connectivity index (χ1n) is 6.85. The number of carbonyl (C=O) groups is 1. The molecular formula is C14H20N2O4S. The van der Waals surface area contributed by atoms with Gasteiger partial charge in [0.15, 0.2) is 0 Å². The minimum atomic E-state index is -3.54. The molecule has 7 heteroatoms. The summed E-state index contributed by atoms with van der Waals surface area (Å²) in [5.74, 6) is 0.0897. The molecule has 21 heavy (non-hydrogen) atoms. The van der Waals surface area contributed by atoms with Crippen LogP contribution < -0.4 is 9.62 Å². The van der Waals surface area contributed by atoms with E-state index < -0.39 is 10.0 Å². The number of aryl methyl sites for hydroxylation is 1. The Labute approximate surface area is 125 Å². The Morgan fingerprint density at radius 3 is 2.71 bits per heavy atom. The third-order valence-corrected chi connectivity index (χ3v) is 4.90. The molecule has 1 aliphatic rings. The molecule has 2 rings (SSSR count). The summed E-state index contributed by atoms with van der Waals surface area (Å²) in [5.41, 5.74) is 1.56. The van der Waals surface area contributed by atoms with E-state index in [1.807, 2.05) is 6.92 Å². The number of sulfonamides is 1. The van der Waals surface area contributed by atoms with Crippen LogP contribution in [0.5, 0.6) is 0 Å². The van der Waals surface area contributed by atoms with Crippen LogP contribution >= 0.6 is 0 Å². The predicted octanol–water partition coefficient (Wildman–Crippen LogP) is 1.05. The first-order chi connectivity index (χ1) is 9.95. The van der Waals surface area contributed by atoms with Gasteiger partial charge in [0.25, 0.3) is 0 Å². The van der Waals surface area contributed by atoms with Gasteiger partial charge < -0.3 is 9.64 Å². The van der Waals surface area contributed by atoms with Crippen molar-refractivity contribution < 1.29 is 17.9 Å². The molecule has 1 amide bonds. The van der Waals surface area contributed by atoms with Crippen LogP contribution in [0.3, 0.4) is 0 Å². The van der Waals surface area contributed by atoms with Crippen LogP contribution in [0.2, 0.25) is 0 Å². The van der Waals surface area contributed by atoms with Gasteiger partial charge in [0.1, 0.15) is 0 Å². The molecule has 1 aromatic carbocycles. The average Bonchev–Trinajstić information content (AvgIpc) is 2.85. The van der Waals surface area contributed by atoms with Gasteiger partial charge in [0, 0.05) is 32.3 Å². The first-order valence-corrected chi connectivity index (χ1v) is 8.33. The summed E-state index contributed by atoms with van der Waals surface area (Å²) >= 11 is 0. The Morgan fingerprint density at radius 1 is 1.38 bits per heavy atom. The van der Waals surface area contributed by atoms with E-state index in [9.17, 15) is 13.2 Å². The molecule has 1 heterocycles. The van der Waals surface area contributed by atoms with Crippen molar-refractivity contribution in [3.05, 3.63) is 23.8 Å². The van der Waals surface area contributed by atoms with E-state index in [2.05, 4.69) is 4.72 Å². The topological polar surface area (TPSA) is 75.7 Å². The van der Waals surface area contributed by atoms with Crippen molar-refractivity contribution in [3.63, 3.8) is 0 Å². The largest absolute Gasteiger partial charge is 0.383 e. The molecular weight excluding hydrogens is 292 g/mol. The predicted molar refractivity (Wildman–Crippen MR) is 79.8 cm³/mol. The molecule has 0 saturated carbocycles. The van der Waals surface area contributed by atoms with Crippen LogP contribution in [0.25, 0.3) is 0 Å². The molecule has 0 unspecified atom stereocenters. The smallest absolute Gasteiger partial charge is 0.240 e. The van der Waals surface area contributed by atoms with Gasteiger partial charge in [-0.3, -0.25) is 4.79 Å². The normalized spacial score (nSPS) is 15.7. The van der Waals surface area contributed by atoms with E-state index in [-0.39, 0.29) is 17.3 Å². The summed E-state index contributed by atoms with van der Waals surface area (Å²) in [6, 6.07) is 4.82. The van der Waals surface area contributed by atoms with E-state index in [0.717, 1.165) is 17.7 Å². The van der Waals surface area contributed by atoms with Gasteiger partial charge in [-0.25, -0.2) is 13.1 Å². The number of anilines is 1. The quantitative estimate of drug-likeness (QED) is 0.797. The van der Waals surface area contributed by atoms with Gasteiger partial charge in [0.2, 0.25) is 15.9 Å². The summed E-state index contributed by atoms with van der Waals surface area (Å²) in [5, 5.41) is 0. The number of nitrogens with one attached hydrogen (secondary N) is 1. The van der Waals surface area contributed by atoms with E-state index in [0.29, 0.717) is 19.6 Å². The minimum Gasteiger partial charge on any atom is -0.383 e. The zero-order chi connectivity index (χ0) is 15.5. The molecule has 0 aliphatic carbocycles. The Morgan fingerprint density at radius 2 is 2.14 bits per heavy atom. The fourth-order valence-corrected chi connectivity index (χ4v) is 3.46. The molecule has 116 valence electrons. The molecule has 1 aliphatic heterocycles. The van der Waals surface area contributed by atoms with Crippen LogP contribution in [-0.4, -0.2) is 41.1 Å². The number of methoxy groups -OCH3 is 1. The number of carbonyl (C=O) groups excluding carboxylic acids is 1. The van der Waals surface area contributed by atoms with Crippen molar-refractivity contribution in [2.45, 2.75) is 24.7 Å². The fourth-order valence-electron chi connectivity index (χ4n) is 2.36. The van der Waals surface area contributed by atoms with Gasteiger partial charge in [0.05, 0.1) is 11.5 Å². The van der Waals surface area contributed by atoms with Crippen LogP contribution in [0.15, 0.2) is 23.1 Å². The van der Waals surface area contributed by atoms with Gasteiger partial charge in [-0.15, -0.1) is 0 Å². The van der Waals surface area contributed by atoms with Crippen molar-refractivity contribution in [1.29, 1.82) is 0 Å². The molecule has 1 N–H and O–H groups in total. The Kier molecular flexibility index (Phi) is 4.97. The Hall–Kier alpha value is -1.44. The molecule has 0 aromatic heterocycles. The highest BCUT2D eigenvalue weighted by atomic mass is 32.2. The third kappa shape index (κ3) is 3.61. The van der Waals surface area contributed by atoms with E-state index in [1.165, 1.54) is 13.2 Å². The second kappa shape index (κ2) is 6.55. The van der Waals surface area contributed by atoms with Crippen molar-refractivity contribution >= 4 is 21.6 Å². The molecule has 0 radical (unpaired) electrons. The summed E-state index contributed by atoms with van der Waals surface area (Å²) < 4.78 is 31.5. The van der Waals surface area contributed by atoms with Crippen molar-refractivity contribution in [2.24, 2.45) is 0 Å². The number of rotatable bonds is 6. The molecule has 0 bridgehead atoms. The van der Waals surface area contributed by atoms with Crippen molar-refractivity contribution in [2.75, 3.05) is 31.7 Å². The third-order valence-electron chi connectivity index (χ3n) is 3.44. The maximum atomic E-state index is 12.1. The molecule has 6 nitrogen and oxygen atoms in total. The maximum absolute atomic E-state index is 12.1. The van der Waals surface area contributed by atoms with Crippen molar-refractivity contribution in [3.8, 4) is 0 Å². The van der Waals surface area contributed by atoms with Crippen LogP contribution in [0.4, 0.5) is 5.69 Å². The lowest BCUT2D eigenvalue weighted by atomic mass is 10.2. The maximum Gasteiger partial charge on any atom is 0.240 e. The lowest BCUT2D eigenvalue weighted by Gasteiger charge is -2.19. The highest BCUT2D eigenvalue weighted by Gasteiger charge is 2.24. The number of amides is 1. The minimum absolute atomic E-state index is 0.0897. The standard InChI is InChI=1S/C14H20N2O4S/c1-11-10-12(21(18,19)15-7-9-20-2)5-6-13(11)16-8-3-4-14(16)17/h5-6,10,15H,3-4,7-9H2,1-2H3. The van der Waals surface area contributed by atoms with Gasteiger partial charge in [-0.05, 0) is 37.1 Å². The molecule has 1 aromatic rings. The summed E-state index contributed by atoms with van der Waals surface area (Å²) in [6.45, 7) is 3.05. The van der Waals surface area contributed by atoms with E-state index >= 15 is 0 Å². The molecule has 1 fully saturated rings. The zero-order valence-corrected chi connectivity index (χ0v) is 13.1. The zero-order valence-electron chi connectivity index (χ0n) is 12.3. The summed E-state index contributed by atoms with van der Waals surface area (Å²) in [6.07, 6.45) is 1.40. The second-order valence-corrected chi connectivity index (χ2v) is 6.75. The number of hydrogen-bond donors (Lipinski definition) is 1. The highest BCUT2D eigenvalue weighted by molar-refractivity contribution is 7.89. The number of nitrogens with zero attached hydrogens (tertiary/aromatic N) is 1. The van der Waals surface area contributed by atoms with Crippen LogP contribution in [-0.2, 0) is 19.6 Å². The van der Waals surface area contributed by atoms with Crippen molar-refractivity contribution in [1.82, 2.24) is 4.72 Å². The number of ether oxygens (including phenoxy) is 1. The van der Waals surface area contributed by atoms with Crippen LogP contribution in [0, 0.1) is 6.92 Å². The number of hydrogen-bond acceptors (Lipinski definition) is 4. The lowest BCUT2D eigenvalue weighted by Crippen LogP contribution is -2.28. The average molecular weight is 312 g/mol. The van der Waals surface area contributed by atoms with E-state index in [4.69, 9.17) is 4.74 Å². The van der Waals surface area contributed by atoms with Gasteiger partial charge in [-0.2, -0.15) is 0 Å². The second-order valence-electron chi connectivity index (χ2n) is 4.99. The monoisotopic (exact) mass is 312 g/mol. The van der Waals surface area contributed by atoms with E-state index in [1.54, 1.807) is 17.0 Å². The SMILES string of the molecule is COCCNS(=O)(=O)c1ccc(N2CCCC2=O)c(C)c1. The molecule has 1 saturated heterocycles. The van der Waals surface area contributed by atoms with Gasteiger partial charge in [-0.1, -0.05) is 0 Å². The van der Waals surface area contributed by atoms with Gasteiger partial charge >= 0.3 is 0 Å². The lowest BCUT2D eigenvalue weighted by molar-refractivity contribution is -0.117. The summed E-state index contributed by atoms with van der Waals surface area (Å²) in [4.78, 5) is 13.7. The number of benzene rings is 1. The Balaban J connectivity index is 2.20. The summed E-state index contributed by atoms with van der Waals surface area (Å²) in [7, 11) is -2.03. The Bertz CT molecular complexity index is 628. The molecule has 0 spiro atoms.